The van der Waals surface area contributed by atoms with Gasteiger partial charge in [-0.15, -0.1) is 0 Å². The van der Waals surface area contributed by atoms with Crippen molar-refractivity contribution in [2.45, 2.75) is 52.1 Å². The molecule has 2 fully saturated rings. The molecule has 6 heteroatoms. The monoisotopic (exact) mass is 425 g/mol. The van der Waals surface area contributed by atoms with Crippen LogP contribution < -0.4 is 10.5 Å². The summed E-state index contributed by atoms with van der Waals surface area (Å²) in [7, 11) is 1.79. The summed E-state index contributed by atoms with van der Waals surface area (Å²) in [5.74, 6) is 1.42. The summed E-state index contributed by atoms with van der Waals surface area (Å²) in [4.78, 5) is 28.9. The number of amides is 1. The zero-order valence-electron chi connectivity index (χ0n) is 19.3. The fraction of sp³-hybridized carbons (Fsp3) is 0.600. The van der Waals surface area contributed by atoms with Crippen LogP contribution in [0.4, 0.5) is 10.5 Å². The Morgan fingerprint density at radius 3 is 2.19 bits per heavy atom. The molecule has 4 rings (SSSR count). The highest BCUT2D eigenvalue weighted by molar-refractivity contribution is 5.85. The van der Waals surface area contributed by atoms with Crippen molar-refractivity contribution in [1.29, 1.82) is 0 Å². The first-order valence-corrected chi connectivity index (χ1v) is 11.5. The standard InChI is InChI=1S/C25H35N3O3/c1-25(2,3)31-24(30)28-15-10-19(11-16-28)18-8-13-27(14-9-18)21-5-6-22-20(17-21)7-12-26(4)23(22)29/h5-7,12,17-19H,8-11,13-16H2,1-4H3. The van der Waals surface area contributed by atoms with Crippen LogP contribution in [-0.2, 0) is 11.8 Å². The lowest BCUT2D eigenvalue weighted by atomic mass is 9.79. The molecule has 2 aliphatic rings. The molecule has 1 amide bonds. The second kappa shape index (κ2) is 8.56. The summed E-state index contributed by atoms with van der Waals surface area (Å²) < 4.78 is 7.15. The number of hydrogen-bond acceptors (Lipinski definition) is 4. The van der Waals surface area contributed by atoms with Crippen LogP contribution in [-0.4, -0.2) is 47.3 Å². The van der Waals surface area contributed by atoms with Crippen molar-refractivity contribution in [3.8, 4) is 0 Å². The van der Waals surface area contributed by atoms with Crippen LogP contribution in [0.3, 0.4) is 0 Å². The Labute approximate surface area is 184 Å². The van der Waals surface area contributed by atoms with Gasteiger partial charge in [-0.2, -0.15) is 0 Å². The van der Waals surface area contributed by atoms with E-state index in [-0.39, 0.29) is 11.7 Å². The van der Waals surface area contributed by atoms with Gasteiger partial charge in [0, 0.05) is 50.5 Å². The van der Waals surface area contributed by atoms with Crippen molar-refractivity contribution in [2.24, 2.45) is 18.9 Å². The molecule has 0 bridgehead atoms. The number of anilines is 1. The van der Waals surface area contributed by atoms with Gasteiger partial charge in [0.25, 0.3) is 5.56 Å². The molecular weight excluding hydrogens is 390 g/mol. The SMILES string of the molecule is Cn1ccc2cc(N3CCC(C4CCN(C(=O)OC(C)(C)C)CC4)CC3)ccc2c1=O. The summed E-state index contributed by atoms with van der Waals surface area (Å²) in [6.07, 6.45) is 6.18. The van der Waals surface area contributed by atoms with Gasteiger partial charge < -0.3 is 19.1 Å². The highest BCUT2D eigenvalue weighted by Crippen LogP contribution is 2.34. The normalized spacial score (nSPS) is 19.1. The number of likely N-dealkylation sites (tertiary alicyclic amines) is 1. The molecule has 168 valence electrons. The van der Waals surface area contributed by atoms with Gasteiger partial charge >= 0.3 is 6.09 Å². The van der Waals surface area contributed by atoms with Gasteiger partial charge in [0.2, 0.25) is 0 Å². The van der Waals surface area contributed by atoms with Gasteiger partial charge in [0.1, 0.15) is 5.60 Å². The predicted octanol–water partition coefficient (Wildman–Crippen LogP) is 4.40. The van der Waals surface area contributed by atoms with Gasteiger partial charge in [-0.1, -0.05) is 0 Å². The smallest absolute Gasteiger partial charge is 0.410 e. The molecule has 0 N–H and O–H groups in total. The minimum Gasteiger partial charge on any atom is -0.444 e. The van der Waals surface area contributed by atoms with Gasteiger partial charge in [-0.25, -0.2) is 4.79 Å². The largest absolute Gasteiger partial charge is 0.444 e. The lowest BCUT2D eigenvalue weighted by Crippen LogP contribution is -2.44. The maximum absolute atomic E-state index is 12.3. The summed E-state index contributed by atoms with van der Waals surface area (Å²) in [6, 6.07) is 8.22. The number of hydrogen-bond donors (Lipinski definition) is 0. The third-order valence-electron chi connectivity index (χ3n) is 6.83. The number of aryl methyl sites for hydroxylation is 1. The Kier molecular flexibility index (Phi) is 6.00. The Hall–Kier alpha value is -2.50. The molecule has 6 nitrogen and oxygen atoms in total. The zero-order chi connectivity index (χ0) is 22.2. The molecule has 2 saturated heterocycles. The van der Waals surface area contributed by atoms with Gasteiger partial charge in [0.05, 0.1) is 0 Å². The van der Waals surface area contributed by atoms with Gasteiger partial charge in [-0.3, -0.25) is 4.79 Å². The van der Waals surface area contributed by atoms with E-state index in [1.807, 2.05) is 44.0 Å². The van der Waals surface area contributed by atoms with E-state index in [2.05, 4.69) is 17.0 Å². The molecule has 0 radical (unpaired) electrons. The summed E-state index contributed by atoms with van der Waals surface area (Å²) in [5, 5.41) is 1.79. The van der Waals surface area contributed by atoms with Crippen molar-refractivity contribution in [1.82, 2.24) is 9.47 Å². The average molecular weight is 426 g/mol. The number of ether oxygens (including phenoxy) is 1. The summed E-state index contributed by atoms with van der Waals surface area (Å²) >= 11 is 0. The first-order chi connectivity index (χ1) is 14.7. The predicted molar refractivity (Wildman–Crippen MR) is 125 cm³/mol. The molecule has 1 aromatic carbocycles. The van der Waals surface area contributed by atoms with E-state index in [1.165, 1.54) is 18.5 Å². The fourth-order valence-electron chi connectivity index (χ4n) is 5.04. The number of piperidine rings is 2. The first kappa shape index (κ1) is 21.7. The molecule has 1 aromatic heterocycles. The first-order valence-electron chi connectivity index (χ1n) is 11.5. The third kappa shape index (κ3) is 4.89. The van der Waals surface area contributed by atoms with Crippen LogP contribution in [0.5, 0.6) is 0 Å². The van der Waals surface area contributed by atoms with Crippen molar-refractivity contribution >= 4 is 22.6 Å². The number of aromatic nitrogens is 1. The number of benzene rings is 1. The fourth-order valence-corrected chi connectivity index (χ4v) is 5.04. The third-order valence-corrected chi connectivity index (χ3v) is 6.83. The molecule has 0 unspecified atom stereocenters. The number of carbonyl (C=O) groups is 1. The molecular formula is C25H35N3O3. The van der Waals surface area contributed by atoms with E-state index >= 15 is 0 Å². The zero-order valence-corrected chi connectivity index (χ0v) is 19.3. The van der Waals surface area contributed by atoms with Crippen LogP contribution in [0.25, 0.3) is 10.8 Å². The van der Waals surface area contributed by atoms with E-state index in [9.17, 15) is 9.59 Å². The molecule has 0 atom stereocenters. The minimum absolute atomic E-state index is 0.0560. The van der Waals surface area contributed by atoms with Crippen LogP contribution in [0.2, 0.25) is 0 Å². The number of rotatable bonds is 2. The minimum atomic E-state index is -0.434. The quantitative estimate of drug-likeness (QED) is 0.716. The van der Waals surface area contributed by atoms with Crippen LogP contribution in [0.15, 0.2) is 35.3 Å². The molecule has 0 spiro atoms. The van der Waals surface area contributed by atoms with E-state index in [0.717, 1.165) is 55.7 Å². The van der Waals surface area contributed by atoms with E-state index in [4.69, 9.17) is 4.74 Å². The Balaban J connectivity index is 1.31. The Bertz CT molecular complexity index is 991. The lowest BCUT2D eigenvalue weighted by Gasteiger charge is -2.41. The van der Waals surface area contributed by atoms with Crippen molar-refractivity contribution in [3.63, 3.8) is 0 Å². The molecule has 2 aliphatic heterocycles. The molecule has 0 aliphatic carbocycles. The maximum atomic E-state index is 12.3. The average Bonchev–Trinajstić information content (AvgIpc) is 2.75. The summed E-state index contributed by atoms with van der Waals surface area (Å²) in [6.45, 7) is 9.46. The van der Waals surface area contributed by atoms with Crippen LogP contribution in [0.1, 0.15) is 46.5 Å². The number of nitrogens with zero attached hydrogens (tertiary/aromatic N) is 3. The van der Waals surface area contributed by atoms with Crippen molar-refractivity contribution < 1.29 is 9.53 Å². The van der Waals surface area contributed by atoms with Gasteiger partial charge in [0.15, 0.2) is 0 Å². The number of pyridine rings is 1. The van der Waals surface area contributed by atoms with Gasteiger partial charge in [-0.05, 0) is 87.9 Å². The number of fused-ring (bicyclic) bond motifs is 1. The second-order valence-corrected chi connectivity index (χ2v) is 10.1. The second-order valence-electron chi connectivity index (χ2n) is 10.1. The highest BCUT2D eigenvalue weighted by Gasteiger charge is 2.32. The lowest BCUT2D eigenvalue weighted by molar-refractivity contribution is 0.0152. The Morgan fingerprint density at radius 2 is 1.58 bits per heavy atom. The van der Waals surface area contributed by atoms with Crippen LogP contribution >= 0.6 is 0 Å². The number of carbonyl (C=O) groups excluding carboxylic acids is 1. The molecule has 2 aromatic rings. The van der Waals surface area contributed by atoms with Crippen molar-refractivity contribution in [3.05, 3.63) is 40.8 Å². The van der Waals surface area contributed by atoms with E-state index in [1.54, 1.807) is 11.6 Å². The summed E-state index contributed by atoms with van der Waals surface area (Å²) in [5.41, 5.74) is 0.829. The molecule has 0 saturated carbocycles. The van der Waals surface area contributed by atoms with Crippen LogP contribution in [0, 0.1) is 11.8 Å². The van der Waals surface area contributed by atoms with Crippen molar-refractivity contribution in [2.75, 3.05) is 31.1 Å². The Morgan fingerprint density at radius 1 is 0.968 bits per heavy atom. The van der Waals surface area contributed by atoms with E-state index < -0.39 is 5.60 Å². The highest BCUT2D eigenvalue weighted by atomic mass is 16.6. The molecule has 3 heterocycles. The molecule has 31 heavy (non-hydrogen) atoms. The maximum Gasteiger partial charge on any atom is 0.410 e. The van der Waals surface area contributed by atoms with E-state index in [0.29, 0.717) is 5.92 Å². The topological polar surface area (TPSA) is 54.8 Å².